The molecule has 1 N–H and O–H groups in total. The highest BCUT2D eigenvalue weighted by atomic mass is 32.2. The summed E-state index contributed by atoms with van der Waals surface area (Å²) in [5.41, 5.74) is 0.873. The van der Waals surface area contributed by atoms with Crippen LogP contribution in [0.15, 0.2) is 24.5 Å². The molecule has 0 unspecified atom stereocenters. The van der Waals surface area contributed by atoms with Gasteiger partial charge < -0.3 is 0 Å². The van der Waals surface area contributed by atoms with Gasteiger partial charge in [-0.25, -0.2) is 0 Å². The lowest BCUT2D eigenvalue weighted by Crippen LogP contribution is -2.44. The molecule has 100 valence electrons. The Kier molecular flexibility index (Phi) is 4.31. The summed E-state index contributed by atoms with van der Waals surface area (Å²) in [6, 6.07) is 3.42. The number of aromatic nitrogens is 1. The van der Waals surface area contributed by atoms with Gasteiger partial charge in [0.25, 0.3) is 10.2 Å². The molecule has 1 atom stereocenters. The fraction of sp³-hybridized carbons (Fsp3) is 0.583. The summed E-state index contributed by atoms with van der Waals surface area (Å²) in [5, 5.41) is 0. The average Bonchev–Trinajstić information content (AvgIpc) is 2.40. The first-order valence-electron chi connectivity index (χ1n) is 6.27. The standard InChI is InChI=1S/C12H19N3O2S/c1-11(12-6-5-7-13-10-12)14-18(16,17)15-8-3-2-4-9-15/h5-7,10-11,14H,2-4,8-9H2,1H3/t11-/m1/s1. The molecule has 1 aromatic heterocycles. The Bertz CT molecular complexity index is 469. The number of nitrogens with one attached hydrogen (secondary N) is 1. The van der Waals surface area contributed by atoms with Gasteiger partial charge in [0.15, 0.2) is 0 Å². The van der Waals surface area contributed by atoms with Gasteiger partial charge in [-0.1, -0.05) is 12.5 Å². The summed E-state index contributed by atoms with van der Waals surface area (Å²) in [6.45, 7) is 3.07. The number of nitrogens with zero attached hydrogens (tertiary/aromatic N) is 2. The van der Waals surface area contributed by atoms with Crippen LogP contribution in [0.2, 0.25) is 0 Å². The van der Waals surface area contributed by atoms with Crippen molar-refractivity contribution >= 4 is 10.2 Å². The van der Waals surface area contributed by atoms with Crippen LogP contribution in [0.1, 0.15) is 37.8 Å². The van der Waals surface area contributed by atoms with Crippen LogP contribution in [-0.2, 0) is 10.2 Å². The zero-order chi connectivity index (χ0) is 13.0. The van der Waals surface area contributed by atoms with Crippen molar-refractivity contribution in [3.8, 4) is 0 Å². The fourth-order valence-electron chi connectivity index (χ4n) is 2.10. The molecule has 18 heavy (non-hydrogen) atoms. The fourth-order valence-corrected chi connectivity index (χ4v) is 3.57. The minimum Gasteiger partial charge on any atom is -0.264 e. The zero-order valence-corrected chi connectivity index (χ0v) is 11.4. The predicted molar refractivity (Wildman–Crippen MR) is 70.1 cm³/mol. The topological polar surface area (TPSA) is 62.3 Å². The SMILES string of the molecule is C[C@@H](NS(=O)(=O)N1CCCCC1)c1cccnc1. The van der Waals surface area contributed by atoms with Gasteiger partial charge in [-0.3, -0.25) is 4.98 Å². The van der Waals surface area contributed by atoms with Crippen molar-refractivity contribution in [3.05, 3.63) is 30.1 Å². The normalized spacial score (nSPS) is 19.6. The second-order valence-corrected chi connectivity index (χ2v) is 6.29. The first-order valence-corrected chi connectivity index (χ1v) is 7.71. The van der Waals surface area contributed by atoms with Crippen molar-refractivity contribution in [2.45, 2.75) is 32.2 Å². The Labute approximate surface area is 108 Å². The van der Waals surface area contributed by atoms with E-state index < -0.39 is 10.2 Å². The maximum absolute atomic E-state index is 12.2. The second kappa shape index (κ2) is 5.77. The van der Waals surface area contributed by atoms with E-state index in [2.05, 4.69) is 9.71 Å². The molecule has 1 aromatic rings. The van der Waals surface area contributed by atoms with E-state index in [0.717, 1.165) is 24.8 Å². The van der Waals surface area contributed by atoms with Crippen LogP contribution in [0.25, 0.3) is 0 Å². The summed E-state index contributed by atoms with van der Waals surface area (Å²) in [7, 11) is -3.38. The molecule has 1 fully saturated rings. The molecular weight excluding hydrogens is 250 g/mol. The molecule has 2 rings (SSSR count). The first-order chi connectivity index (χ1) is 8.59. The Hall–Kier alpha value is -0.980. The van der Waals surface area contributed by atoms with Crippen LogP contribution in [0.3, 0.4) is 0 Å². The molecular formula is C12H19N3O2S. The summed E-state index contributed by atoms with van der Waals surface area (Å²) in [4.78, 5) is 4.00. The van der Waals surface area contributed by atoms with E-state index in [1.54, 1.807) is 18.5 Å². The van der Waals surface area contributed by atoms with Gasteiger partial charge in [0.2, 0.25) is 0 Å². The number of rotatable bonds is 4. The lowest BCUT2D eigenvalue weighted by atomic mass is 10.2. The van der Waals surface area contributed by atoms with Crippen molar-refractivity contribution in [2.24, 2.45) is 0 Å². The molecule has 6 heteroatoms. The Morgan fingerprint density at radius 1 is 1.33 bits per heavy atom. The summed E-state index contributed by atoms with van der Waals surface area (Å²) >= 11 is 0. The van der Waals surface area contributed by atoms with E-state index in [0.29, 0.717) is 13.1 Å². The van der Waals surface area contributed by atoms with Gasteiger partial charge in [-0.15, -0.1) is 0 Å². The molecule has 1 aliphatic rings. The molecule has 0 amide bonds. The molecule has 5 nitrogen and oxygen atoms in total. The van der Waals surface area contributed by atoms with Crippen molar-refractivity contribution in [1.82, 2.24) is 14.0 Å². The molecule has 0 spiro atoms. The molecule has 0 saturated carbocycles. The van der Waals surface area contributed by atoms with Crippen molar-refractivity contribution in [3.63, 3.8) is 0 Å². The third-order valence-corrected chi connectivity index (χ3v) is 4.86. The first kappa shape index (κ1) is 13.5. The summed E-state index contributed by atoms with van der Waals surface area (Å²) < 4.78 is 28.6. The number of hydrogen-bond donors (Lipinski definition) is 1. The molecule has 1 aliphatic heterocycles. The van der Waals surface area contributed by atoms with E-state index in [9.17, 15) is 8.42 Å². The third kappa shape index (κ3) is 3.28. The Balaban J connectivity index is 2.03. The third-order valence-electron chi connectivity index (χ3n) is 3.17. The highest BCUT2D eigenvalue weighted by Gasteiger charge is 2.25. The van der Waals surface area contributed by atoms with Crippen molar-refractivity contribution in [1.29, 1.82) is 0 Å². The highest BCUT2D eigenvalue weighted by molar-refractivity contribution is 7.87. The highest BCUT2D eigenvalue weighted by Crippen LogP contribution is 2.16. The summed E-state index contributed by atoms with van der Waals surface area (Å²) in [6.07, 6.45) is 6.37. The van der Waals surface area contributed by atoms with Gasteiger partial charge in [0.1, 0.15) is 0 Å². The minimum absolute atomic E-state index is 0.259. The second-order valence-electron chi connectivity index (χ2n) is 4.59. The van der Waals surface area contributed by atoms with E-state index in [1.807, 2.05) is 13.0 Å². The molecule has 0 bridgehead atoms. The number of hydrogen-bond acceptors (Lipinski definition) is 3. The van der Waals surface area contributed by atoms with Gasteiger partial charge in [-0.05, 0) is 31.4 Å². The maximum atomic E-state index is 12.2. The van der Waals surface area contributed by atoms with Crippen LogP contribution in [0, 0.1) is 0 Å². The zero-order valence-electron chi connectivity index (χ0n) is 10.5. The largest absolute Gasteiger partial charge is 0.279 e. The lowest BCUT2D eigenvalue weighted by Gasteiger charge is -2.27. The molecule has 2 heterocycles. The molecule has 1 saturated heterocycles. The quantitative estimate of drug-likeness (QED) is 0.900. The maximum Gasteiger partial charge on any atom is 0.279 e. The Morgan fingerprint density at radius 3 is 2.67 bits per heavy atom. The predicted octanol–water partition coefficient (Wildman–Crippen LogP) is 1.46. The van der Waals surface area contributed by atoms with Gasteiger partial charge in [-0.2, -0.15) is 17.4 Å². The van der Waals surface area contributed by atoms with Crippen molar-refractivity contribution < 1.29 is 8.42 Å². The summed E-state index contributed by atoms with van der Waals surface area (Å²) in [5.74, 6) is 0. The number of piperidine rings is 1. The van der Waals surface area contributed by atoms with Crippen LogP contribution in [0.5, 0.6) is 0 Å². The van der Waals surface area contributed by atoms with Gasteiger partial charge in [0, 0.05) is 31.5 Å². The van der Waals surface area contributed by atoms with E-state index in [4.69, 9.17) is 0 Å². The smallest absolute Gasteiger partial charge is 0.264 e. The molecule has 0 aromatic carbocycles. The monoisotopic (exact) mass is 269 g/mol. The average molecular weight is 269 g/mol. The van der Waals surface area contributed by atoms with Crippen LogP contribution in [-0.4, -0.2) is 30.8 Å². The van der Waals surface area contributed by atoms with E-state index in [1.165, 1.54) is 4.31 Å². The van der Waals surface area contributed by atoms with Gasteiger partial charge >= 0.3 is 0 Å². The number of pyridine rings is 1. The van der Waals surface area contributed by atoms with E-state index in [-0.39, 0.29) is 6.04 Å². The minimum atomic E-state index is -3.38. The molecule has 0 radical (unpaired) electrons. The molecule has 0 aliphatic carbocycles. The van der Waals surface area contributed by atoms with Crippen LogP contribution >= 0.6 is 0 Å². The van der Waals surface area contributed by atoms with Crippen LogP contribution in [0.4, 0.5) is 0 Å². The Morgan fingerprint density at radius 2 is 2.06 bits per heavy atom. The van der Waals surface area contributed by atoms with Gasteiger partial charge in [0.05, 0.1) is 0 Å². The van der Waals surface area contributed by atoms with E-state index >= 15 is 0 Å². The lowest BCUT2D eigenvalue weighted by molar-refractivity contribution is 0.339. The van der Waals surface area contributed by atoms with Crippen molar-refractivity contribution in [2.75, 3.05) is 13.1 Å². The van der Waals surface area contributed by atoms with Crippen LogP contribution < -0.4 is 4.72 Å².